The zero-order chi connectivity index (χ0) is 13.3. The van der Waals surface area contributed by atoms with Gasteiger partial charge >= 0.3 is 0 Å². The topological polar surface area (TPSA) is 30.0 Å². The van der Waals surface area contributed by atoms with Gasteiger partial charge in [-0.25, -0.2) is 0 Å². The number of ketones is 1. The molecule has 1 fully saturated rings. The van der Waals surface area contributed by atoms with Gasteiger partial charge in [-0.1, -0.05) is 30.3 Å². The summed E-state index contributed by atoms with van der Waals surface area (Å²) >= 11 is 3.39. The SMILES string of the molecule is O=C(Cc1cncc(Br)c1)C1(c2ccccc2)CC1. The molecule has 0 unspecified atom stereocenters. The second-order valence-electron chi connectivity index (χ2n) is 5.06. The smallest absolute Gasteiger partial charge is 0.147 e. The van der Waals surface area contributed by atoms with Gasteiger partial charge in [-0.2, -0.15) is 0 Å². The Balaban J connectivity index is 1.82. The summed E-state index contributed by atoms with van der Waals surface area (Å²) in [5.74, 6) is 0.304. The van der Waals surface area contributed by atoms with Crippen molar-refractivity contribution < 1.29 is 4.79 Å². The average molecular weight is 316 g/mol. The normalized spacial score (nSPS) is 16.1. The van der Waals surface area contributed by atoms with Crippen LogP contribution < -0.4 is 0 Å². The Kier molecular flexibility index (Phi) is 3.23. The first-order valence-corrected chi connectivity index (χ1v) is 7.18. The molecule has 96 valence electrons. The van der Waals surface area contributed by atoms with Crippen molar-refractivity contribution in [3.63, 3.8) is 0 Å². The van der Waals surface area contributed by atoms with Gasteiger partial charge in [0.25, 0.3) is 0 Å². The number of benzene rings is 1. The number of pyridine rings is 1. The van der Waals surface area contributed by atoms with E-state index in [4.69, 9.17) is 0 Å². The van der Waals surface area contributed by atoms with E-state index in [0.29, 0.717) is 12.2 Å². The molecule has 3 heteroatoms. The number of rotatable bonds is 4. The summed E-state index contributed by atoms with van der Waals surface area (Å²) in [6.07, 6.45) is 5.90. The molecule has 2 nitrogen and oxygen atoms in total. The number of halogens is 1. The van der Waals surface area contributed by atoms with Crippen LogP contribution in [0.4, 0.5) is 0 Å². The molecule has 1 aromatic heterocycles. The minimum atomic E-state index is -0.233. The molecule has 1 aliphatic carbocycles. The quantitative estimate of drug-likeness (QED) is 0.861. The number of hydrogen-bond donors (Lipinski definition) is 0. The summed E-state index contributed by atoms with van der Waals surface area (Å²) in [5, 5.41) is 0. The third-order valence-electron chi connectivity index (χ3n) is 3.74. The van der Waals surface area contributed by atoms with Crippen molar-refractivity contribution in [2.24, 2.45) is 0 Å². The van der Waals surface area contributed by atoms with Crippen LogP contribution in [-0.2, 0) is 16.6 Å². The molecule has 0 bridgehead atoms. The van der Waals surface area contributed by atoms with Crippen molar-refractivity contribution in [1.82, 2.24) is 4.98 Å². The fourth-order valence-electron chi connectivity index (χ4n) is 2.52. The van der Waals surface area contributed by atoms with E-state index in [9.17, 15) is 4.79 Å². The van der Waals surface area contributed by atoms with Crippen molar-refractivity contribution in [1.29, 1.82) is 0 Å². The van der Waals surface area contributed by atoms with E-state index in [1.807, 2.05) is 24.3 Å². The van der Waals surface area contributed by atoms with Gasteiger partial charge < -0.3 is 0 Å². The Bertz CT molecular complexity index is 605. The summed E-state index contributed by atoms with van der Waals surface area (Å²) in [6, 6.07) is 12.1. The predicted octanol–water partition coefficient (Wildman–Crippen LogP) is 3.69. The van der Waals surface area contributed by atoms with Crippen molar-refractivity contribution in [2.45, 2.75) is 24.7 Å². The molecule has 0 spiro atoms. The minimum absolute atomic E-state index is 0.233. The summed E-state index contributed by atoms with van der Waals surface area (Å²) in [7, 11) is 0. The van der Waals surface area contributed by atoms with E-state index in [1.54, 1.807) is 12.4 Å². The summed E-state index contributed by atoms with van der Waals surface area (Å²) in [6.45, 7) is 0. The van der Waals surface area contributed by atoms with Gasteiger partial charge in [-0.15, -0.1) is 0 Å². The van der Waals surface area contributed by atoms with Crippen molar-refractivity contribution in [2.75, 3.05) is 0 Å². The molecule has 0 N–H and O–H groups in total. The second kappa shape index (κ2) is 4.89. The zero-order valence-corrected chi connectivity index (χ0v) is 12.1. The van der Waals surface area contributed by atoms with Gasteiger partial charge in [0.1, 0.15) is 5.78 Å². The number of carbonyl (C=O) groups excluding carboxylic acids is 1. The van der Waals surface area contributed by atoms with Crippen LogP contribution in [0.25, 0.3) is 0 Å². The monoisotopic (exact) mass is 315 g/mol. The lowest BCUT2D eigenvalue weighted by Crippen LogP contribution is -2.22. The van der Waals surface area contributed by atoms with Crippen LogP contribution in [0, 0.1) is 0 Å². The molecule has 0 aliphatic heterocycles. The zero-order valence-electron chi connectivity index (χ0n) is 10.5. The first-order valence-electron chi connectivity index (χ1n) is 6.39. The van der Waals surface area contributed by atoms with Gasteiger partial charge in [-0.3, -0.25) is 9.78 Å². The Morgan fingerprint density at radius 2 is 1.95 bits per heavy atom. The molecular formula is C16H14BrNO. The van der Waals surface area contributed by atoms with E-state index < -0.39 is 0 Å². The first-order chi connectivity index (χ1) is 9.21. The number of hydrogen-bond acceptors (Lipinski definition) is 2. The van der Waals surface area contributed by atoms with E-state index in [-0.39, 0.29) is 5.41 Å². The molecule has 1 saturated carbocycles. The van der Waals surface area contributed by atoms with Crippen LogP contribution in [0.1, 0.15) is 24.0 Å². The van der Waals surface area contributed by atoms with Crippen LogP contribution in [0.5, 0.6) is 0 Å². The van der Waals surface area contributed by atoms with Crippen LogP contribution in [0.15, 0.2) is 53.3 Å². The molecule has 19 heavy (non-hydrogen) atoms. The maximum absolute atomic E-state index is 12.6. The summed E-state index contributed by atoms with van der Waals surface area (Å²) < 4.78 is 0.919. The van der Waals surface area contributed by atoms with Crippen molar-refractivity contribution >= 4 is 21.7 Å². The summed E-state index contributed by atoms with van der Waals surface area (Å²) in [5.41, 5.74) is 1.90. The standard InChI is InChI=1S/C16H14BrNO/c17-14-8-12(10-18-11-14)9-15(19)16(6-7-16)13-4-2-1-3-5-13/h1-5,8,10-11H,6-7,9H2. The fraction of sp³-hybridized carbons (Fsp3) is 0.250. The van der Waals surface area contributed by atoms with Crippen LogP contribution in [0.3, 0.4) is 0 Å². The first kappa shape index (κ1) is 12.5. The Hall–Kier alpha value is -1.48. The maximum Gasteiger partial charge on any atom is 0.147 e. The Labute approximate surface area is 121 Å². The molecule has 0 atom stereocenters. The lowest BCUT2D eigenvalue weighted by Gasteiger charge is -2.14. The van der Waals surface area contributed by atoms with Crippen LogP contribution in [-0.4, -0.2) is 10.8 Å². The lowest BCUT2D eigenvalue weighted by atomic mass is 9.88. The van der Waals surface area contributed by atoms with E-state index in [2.05, 4.69) is 33.0 Å². The molecule has 1 aliphatic rings. The van der Waals surface area contributed by atoms with Gasteiger partial charge in [-0.05, 0) is 46.0 Å². The highest BCUT2D eigenvalue weighted by atomic mass is 79.9. The van der Waals surface area contributed by atoms with Crippen molar-refractivity contribution in [3.8, 4) is 0 Å². The molecule has 0 saturated heterocycles. The van der Waals surface area contributed by atoms with Gasteiger partial charge in [0.2, 0.25) is 0 Å². The molecule has 1 heterocycles. The lowest BCUT2D eigenvalue weighted by molar-refractivity contribution is -0.120. The van der Waals surface area contributed by atoms with E-state index in [1.165, 1.54) is 0 Å². The number of nitrogens with zero attached hydrogens (tertiary/aromatic N) is 1. The fourth-order valence-corrected chi connectivity index (χ4v) is 2.93. The van der Waals surface area contributed by atoms with Gasteiger partial charge in [0, 0.05) is 23.3 Å². The molecule has 3 rings (SSSR count). The van der Waals surface area contributed by atoms with Gasteiger partial charge in [0.05, 0.1) is 5.41 Å². The number of Topliss-reactive ketones (excluding diaryl/α,β-unsaturated/α-hetero) is 1. The van der Waals surface area contributed by atoms with Gasteiger partial charge in [0.15, 0.2) is 0 Å². The Morgan fingerprint density at radius 1 is 1.21 bits per heavy atom. The molecular weight excluding hydrogens is 302 g/mol. The third kappa shape index (κ3) is 2.47. The molecule has 0 radical (unpaired) electrons. The van der Waals surface area contributed by atoms with E-state index >= 15 is 0 Å². The average Bonchev–Trinajstić information content (AvgIpc) is 3.21. The van der Waals surface area contributed by atoms with Crippen molar-refractivity contribution in [3.05, 3.63) is 64.4 Å². The highest BCUT2D eigenvalue weighted by Gasteiger charge is 2.50. The summed E-state index contributed by atoms with van der Waals surface area (Å²) in [4.78, 5) is 16.7. The largest absolute Gasteiger partial charge is 0.298 e. The molecule has 0 amide bonds. The number of aromatic nitrogens is 1. The number of carbonyl (C=O) groups is 1. The maximum atomic E-state index is 12.6. The third-order valence-corrected chi connectivity index (χ3v) is 4.17. The molecule has 1 aromatic carbocycles. The predicted molar refractivity (Wildman–Crippen MR) is 78.0 cm³/mol. The Morgan fingerprint density at radius 3 is 2.58 bits per heavy atom. The highest BCUT2D eigenvalue weighted by Crippen LogP contribution is 2.49. The van der Waals surface area contributed by atoms with E-state index in [0.717, 1.165) is 28.4 Å². The van der Waals surface area contributed by atoms with Crippen LogP contribution >= 0.6 is 15.9 Å². The molecule has 2 aromatic rings. The second-order valence-corrected chi connectivity index (χ2v) is 5.98. The van der Waals surface area contributed by atoms with Crippen LogP contribution in [0.2, 0.25) is 0 Å². The minimum Gasteiger partial charge on any atom is -0.298 e. The highest BCUT2D eigenvalue weighted by molar-refractivity contribution is 9.10.